The summed E-state index contributed by atoms with van der Waals surface area (Å²) in [5, 5.41) is 10.1. The summed E-state index contributed by atoms with van der Waals surface area (Å²) in [5.41, 5.74) is 1.23. The smallest absolute Gasteiger partial charge is 0.0707 e. The Balaban J connectivity index is 1.78. The lowest BCUT2D eigenvalue weighted by Gasteiger charge is -2.23. The Hall–Kier alpha value is -0.860. The largest absolute Gasteiger partial charge is 0.391 e. The van der Waals surface area contributed by atoms with Crippen LogP contribution in [0.25, 0.3) is 0 Å². The fraction of sp³-hybridized carbons (Fsp3) is 0.600. The van der Waals surface area contributed by atoms with Crippen LogP contribution in [0, 0.1) is 0 Å². The maximum Gasteiger partial charge on any atom is 0.0707 e. The SMILES string of the molecule is O[C@H](Cc1ccccc1)CN1CCCCCC1. The average Bonchev–Trinajstić information content (AvgIpc) is 2.59. The summed E-state index contributed by atoms with van der Waals surface area (Å²) in [6.45, 7) is 3.15. The van der Waals surface area contributed by atoms with Gasteiger partial charge >= 0.3 is 0 Å². The van der Waals surface area contributed by atoms with Crippen molar-refractivity contribution >= 4 is 0 Å². The van der Waals surface area contributed by atoms with Gasteiger partial charge in [-0.2, -0.15) is 0 Å². The highest BCUT2D eigenvalue weighted by atomic mass is 16.3. The summed E-state index contributed by atoms with van der Waals surface area (Å²) in [6, 6.07) is 10.3. The van der Waals surface area contributed by atoms with Crippen LogP contribution in [0.2, 0.25) is 0 Å². The van der Waals surface area contributed by atoms with Crippen LogP contribution in [0.4, 0.5) is 0 Å². The molecular formula is C15H23NO. The standard InChI is InChI=1S/C15H23NO/c17-15(12-14-8-4-3-5-9-14)13-16-10-6-1-2-7-11-16/h3-5,8-9,15,17H,1-2,6-7,10-13H2/t15-/m1/s1. The lowest BCUT2D eigenvalue weighted by Crippen LogP contribution is -2.34. The third-order valence-corrected chi connectivity index (χ3v) is 3.48. The van der Waals surface area contributed by atoms with E-state index in [-0.39, 0.29) is 6.10 Å². The number of hydrogen-bond donors (Lipinski definition) is 1. The Bertz CT molecular complexity index is 304. The van der Waals surface area contributed by atoms with Crippen molar-refractivity contribution < 1.29 is 5.11 Å². The van der Waals surface area contributed by atoms with E-state index in [2.05, 4.69) is 17.0 Å². The molecule has 0 radical (unpaired) electrons. The number of β-amino-alcohol motifs (C(OH)–C–C–N with tert-alkyl or cyclic N) is 1. The summed E-state index contributed by atoms with van der Waals surface area (Å²) in [7, 11) is 0. The van der Waals surface area contributed by atoms with Gasteiger partial charge in [0.05, 0.1) is 6.10 Å². The highest BCUT2D eigenvalue weighted by Crippen LogP contribution is 2.11. The number of rotatable bonds is 4. The van der Waals surface area contributed by atoms with E-state index in [9.17, 15) is 5.11 Å². The molecule has 0 amide bonds. The molecule has 0 aliphatic carbocycles. The molecule has 2 heteroatoms. The van der Waals surface area contributed by atoms with Gasteiger partial charge in [0.2, 0.25) is 0 Å². The Morgan fingerprint density at radius 2 is 1.65 bits per heavy atom. The number of aliphatic hydroxyl groups is 1. The Morgan fingerprint density at radius 3 is 2.29 bits per heavy atom. The topological polar surface area (TPSA) is 23.5 Å². The van der Waals surface area contributed by atoms with Crippen molar-refractivity contribution in [2.75, 3.05) is 19.6 Å². The maximum absolute atomic E-state index is 10.1. The lowest BCUT2D eigenvalue weighted by atomic mass is 10.1. The van der Waals surface area contributed by atoms with Crippen LogP contribution in [0.15, 0.2) is 30.3 Å². The highest BCUT2D eigenvalue weighted by Gasteiger charge is 2.13. The molecule has 17 heavy (non-hydrogen) atoms. The van der Waals surface area contributed by atoms with Crippen LogP contribution in [0.3, 0.4) is 0 Å². The Morgan fingerprint density at radius 1 is 1.00 bits per heavy atom. The van der Waals surface area contributed by atoms with Crippen LogP contribution in [-0.4, -0.2) is 35.7 Å². The maximum atomic E-state index is 10.1. The molecule has 0 spiro atoms. The fourth-order valence-electron chi connectivity index (χ4n) is 2.57. The van der Waals surface area contributed by atoms with Gasteiger partial charge in [0.25, 0.3) is 0 Å². The predicted octanol–water partition coefficient (Wildman–Crippen LogP) is 2.47. The lowest BCUT2D eigenvalue weighted by molar-refractivity contribution is 0.114. The van der Waals surface area contributed by atoms with Gasteiger partial charge in [0.1, 0.15) is 0 Å². The minimum absolute atomic E-state index is 0.226. The molecular weight excluding hydrogens is 210 g/mol. The first-order valence-corrected chi connectivity index (χ1v) is 6.79. The third kappa shape index (κ3) is 4.49. The summed E-state index contributed by atoms with van der Waals surface area (Å²) in [4.78, 5) is 2.42. The normalized spacial score (nSPS) is 19.8. The zero-order valence-corrected chi connectivity index (χ0v) is 10.5. The zero-order chi connectivity index (χ0) is 11.9. The zero-order valence-electron chi connectivity index (χ0n) is 10.5. The Kier molecular flexibility index (Phi) is 5.02. The molecule has 1 N–H and O–H groups in total. The van der Waals surface area contributed by atoms with E-state index in [1.807, 2.05) is 18.2 Å². The van der Waals surface area contributed by atoms with Gasteiger partial charge in [-0.05, 0) is 37.9 Å². The van der Waals surface area contributed by atoms with Crippen LogP contribution >= 0.6 is 0 Å². The first kappa shape index (κ1) is 12.6. The van der Waals surface area contributed by atoms with Crippen LogP contribution < -0.4 is 0 Å². The van der Waals surface area contributed by atoms with E-state index in [0.717, 1.165) is 26.1 Å². The van der Waals surface area contributed by atoms with Crippen molar-refractivity contribution in [3.8, 4) is 0 Å². The molecule has 1 atom stereocenters. The predicted molar refractivity (Wildman–Crippen MR) is 71.1 cm³/mol. The van der Waals surface area contributed by atoms with E-state index >= 15 is 0 Å². The Labute approximate surface area is 104 Å². The summed E-state index contributed by atoms with van der Waals surface area (Å²) in [6.07, 6.45) is 5.83. The number of aliphatic hydroxyl groups excluding tert-OH is 1. The molecule has 1 aromatic rings. The molecule has 1 fully saturated rings. The molecule has 1 heterocycles. The molecule has 2 nitrogen and oxygen atoms in total. The quantitative estimate of drug-likeness (QED) is 0.863. The monoisotopic (exact) mass is 233 g/mol. The molecule has 1 aliphatic heterocycles. The molecule has 0 unspecified atom stereocenters. The minimum atomic E-state index is -0.226. The first-order valence-electron chi connectivity index (χ1n) is 6.79. The number of nitrogens with zero attached hydrogens (tertiary/aromatic N) is 1. The fourth-order valence-corrected chi connectivity index (χ4v) is 2.57. The summed E-state index contributed by atoms with van der Waals surface area (Å²) < 4.78 is 0. The second kappa shape index (κ2) is 6.77. The summed E-state index contributed by atoms with van der Waals surface area (Å²) in [5.74, 6) is 0. The molecule has 0 aromatic heterocycles. The molecule has 0 bridgehead atoms. The molecule has 1 saturated heterocycles. The van der Waals surface area contributed by atoms with E-state index < -0.39 is 0 Å². The van der Waals surface area contributed by atoms with E-state index in [0.29, 0.717) is 0 Å². The molecule has 0 saturated carbocycles. The van der Waals surface area contributed by atoms with Crippen LogP contribution in [-0.2, 0) is 6.42 Å². The number of benzene rings is 1. The van der Waals surface area contributed by atoms with Crippen molar-refractivity contribution in [2.24, 2.45) is 0 Å². The van der Waals surface area contributed by atoms with E-state index in [4.69, 9.17) is 0 Å². The van der Waals surface area contributed by atoms with Crippen molar-refractivity contribution in [3.05, 3.63) is 35.9 Å². The van der Waals surface area contributed by atoms with Crippen LogP contribution in [0.5, 0.6) is 0 Å². The van der Waals surface area contributed by atoms with Gasteiger partial charge in [0, 0.05) is 6.54 Å². The third-order valence-electron chi connectivity index (χ3n) is 3.48. The van der Waals surface area contributed by atoms with Gasteiger partial charge < -0.3 is 10.0 Å². The molecule has 1 aromatic carbocycles. The number of likely N-dealkylation sites (tertiary alicyclic amines) is 1. The van der Waals surface area contributed by atoms with E-state index in [1.165, 1.54) is 31.2 Å². The van der Waals surface area contributed by atoms with Gasteiger partial charge in [0.15, 0.2) is 0 Å². The van der Waals surface area contributed by atoms with Crippen LogP contribution in [0.1, 0.15) is 31.2 Å². The summed E-state index contributed by atoms with van der Waals surface area (Å²) >= 11 is 0. The minimum Gasteiger partial charge on any atom is -0.391 e. The highest BCUT2D eigenvalue weighted by molar-refractivity contribution is 5.15. The molecule has 1 aliphatic rings. The van der Waals surface area contributed by atoms with E-state index in [1.54, 1.807) is 0 Å². The van der Waals surface area contributed by atoms with Gasteiger partial charge in [-0.3, -0.25) is 0 Å². The number of hydrogen-bond acceptors (Lipinski definition) is 2. The second-order valence-electron chi connectivity index (χ2n) is 5.06. The van der Waals surface area contributed by atoms with Crippen molar-refractivity contribution in [2.45, 2.75) is 38.2 Å². The van der Waals surface area contributed by atoms with Gasteiger partial charge in [-0.25, -0.2) is 0 Å². The average molecular weight is 233 g/mol. The van der Waals surface area contributed by atoms with Gasteiger partial charge in [-0.15, -0.1) is 0 Å². The molecule has 94 valence electrons. The first-order chi connectivity index (χ1) is 8.34. The molecule has 2 rings (SSSR count). The van der Waals surface area contributed by atoms with Gasteiger partial charge in [-0.1, -0.05) is 43.2 Å². The van der Waals surface area contributed by atoms with Crippen molar-refractivity contribution in [3.63, 3.8) is 0 Å². The van der Waals surface area contributed by atoms with Crippen molar-refractivity contribution in [1.82, 2.24) is 4.90 Å². The van der Waals surface area contributed by atoms with Crippen molar-refractivity contribution in [1.29, 1.82) is 0 Å². The second-order valence-corrected chi connectivity index (χ2v) is 5.06.